The van der Waals surface area contributed by atoms with Crippen molar-refractivity contribution in [2.24, 2.45) is 0 Å². The van der Waals surface area contributed by atoms with E-state index >= 15 is 0 Å². The van der Waals surface area contributed by atoms with Crippen LogP contribution >= 0.6 is 11.8 Å². The molecule has 0 bridgehead atoms. The Kier molecular flexibility index (Phi) is 4.29. The standard InChI is InChI=1S/C13H14N2O4S/c1-3-15-11(16)10(20-13(15)18)14-9-6-4-8(5-7-9)12(17)19-2/h4-7,10,14H,3H2,1-2H3. The van der Waals surface area contributed by atoms with E-state index in [1.807, 2.05) is 0 Å². The van der Waals surface area contributed by atoms with Crippen molar-refractivity contribution in [2.45, 2.75) is 12.3 Å². The summed E-state index contributed by atoms with van der Waals surface area (Å²) in [5.41, 5.74) is 1.09. The van der Waals surface area contributed by atoms with Gasteiger partial charge in [0.2, 0.25) is 0 Å². The number of imide groups is 1. The van der Waals surface area contributed by atoms with Gasteiger partial charge in [-0.2, -0.15) is 0 Å². The fourth-order valence-corrected chi connectivity index (χ4v) is 2.77. The summed E-state index contributed by atoms with van der Waals surface area (Å²) in [7, 11) is 1.31. The van der Waals surface area contributed by atoms with Crippen LogP contribution in [0.2, 0.25) is 0 Å². The van der Waals surface area contributed by atoms with Gasteiger partial charge >= 0.3 is 5.97 Å². The van der Waals surface area contributed by atoms with Gasteiger partial charge in [0, 0.05) is 12.2 Å². The number of carbonyl (C=O) groups excluding carboxylic acids is 3. The maximum Gasteiger partial charge on any atom is 0.337 e. The minimum atomic E-state index is -0.619. The van der Waals surface area contributed by atoms with Gasteiger partial charge < -0.3 is 10.1 Å². The highest BCUT2D eigenvalue weighted by Crippen LogP contribution is 2.27. The summed E-state index contributed by atoms with van der Waals surface area (Å²) in [5.74, 6) is -0.672. The van der Waals surface area contributed by atoms with Crippen LogP contribution in [-0.2, 0) is 9.53 Å². The molecule has 0 aromatic heterocycles. The van der Waals surface area contributed by atoms with Crippen LogP contribution in [0.4, 0.5) is 10.5 Å². The van der Waals surface area contributed by atoms with E-state index in [1.54, 1.807) is 31.2 Å². The number of hydrogen-bond acceptors (Lipinski definition) is 6. The minimum absolute atomic E-state index is 0.249. The van der Waals surface area contributed by atoms with Gasteiger partial charge in [-0.1, -0.05) is 0 Å². The normalized spacial score (nSPS) is 18.3. The predicted molar refractivity (Wildman–Crippen MR) is 75.6 cm³/mol. The first-order valence-corrected chi connectivity index (χ1v) is 6.91. The largest absolute Gasteiger partial charge is 0.465 e. The van der Waals surface area contributed by atoms with Gasteiger partial charge in [0.25, 0.3) is 11.1 Å². The molecule has 106 valence electrons. The molecule has 1 aliphatic rings. The number of rotatable bonds is 4. The van der Waals surface area contributed by atoms with E-state index in [-0.39, 0.29) is 11.1 Å². The molecule has 1 heterocycles. The first-order chi connectivity index (χ1) is 9.56. The summed E-state index contributed by atoms with van der Waals surface area (Å²) in [5, 5.41) is 2.10. The number of benzene rings is 1. The fraction of sp³-hybridized carbons (Fsp3) is 0.308. The second-order valence-corrected chi connectivity index (χ2v) is 5.12. The number of likely N-dealkylation sites (N-methyl/N-ethyl adjacent to an activating group) is 1. The molecule has 0 saturated carbocycles. The number of nitrogens with zero attached hydrogens (tertiary/aromatic N) is 1. The number of anilines is 1. The second-order valence-electron chi connectivity index (χ2n) is 4.06. The maximum atomic E-state index is 11.9. The third-order valence-corrected chi connectivity index (χ3v) is 3.83. The topological polar surface area (TPSA) is 75.7 Å². The Morgan fingerprint density at radius 2 is 2.00 bits per heavy atom. The van der Waals surface area contributed by atoms with E-state index in [4.69, 9.17) is 0 Å². The molecule has 2 amide bonds. The van der Waals surface area contributed by atoms with Gasteiger partial charge in [0.05, 0.1) is 12.7 Å². The maximum absolute atomic E-state index is 11.9. The van der Waals surface area contributed by atoms with Gasteiger partial charge in [-0.05, 0) is 43.0 Å². The summed E-state index contributed by atoms with van der Waals surface area (Å²) >= 11 is 0.951. The number of thioether (sulfide) groups is 1. The molecular weight excluding hydrogens is 280 g/mol. The average molecular weight is 294 g/mol. The van der Waals surface area contributed by atoms with Crippen molar-refractivity contribution in [3.05, 3.63) is 29.8 Å². The van der Waals surface area contributed by atoms with Crippen molar-refractivity contribution in [1.29, 1.82) is 0 Å². The summed E-state index contributed by atoms with van der Waals surface area (Å²) in [6.45, 7) is 2.12. The van der Waals surface area contributed by atoms with E-state index in [9.17, 15) is 14.4 Å². The molecule has 1 aromatic carbocycles. The first kappa shape index (κ1) is 14.4. The molecule has 1 aliphatic heterocycles. The van der Waals surface area contributed by atoms with Gasteiger partial charge in [0.1, 0.15) is 0 Å². The molecule has 6 nitrogen and oxygen atoms in total. The fourth-order valence-electron chi connectivity index (χ4n) is 1.79. The lowest BCUT2D eigenvalue weighted by molar-refractivity contribution is -0.126. The number of carbonyl (C=O) groups is 3. The van der Waals surface area contributed by atoms with Gasteiger partial charge in [-0.15, -0.1) is 0 Å². The highest BCUT2D eigenvalue weighted by Gasteiger charge is 2.38. The van der Waals surface area contributed by atoms with Crippen molar-refractivity contribution in [2.75, 3.05) is 19.0 Å². The highest BCUT2D eigenvalue weighted by molar-refractivity contribution is 8.15. The molecule has 1 saturated heterocycles. The Hall–Kier alpha value is -2.02. The highest BCUT2D eigenvalue weighted by atomic mass is 32.2. The molecule has 7 heteroatoms. The number of amides is 2. The number of methoxy groups -OCH3 is 1. The Bertz CT molecular complexity index is 544. The van der Waals surface area contributed by atoms with E-state index in [0.717, 1.165) is 11.8 Å². The molecule has 2 rings (SSSR count). The SMILES string of the molecule is CCN1C(=O)SC(Nc2ccc(C(=O)OC)cc2)C1=O. The van der Waals surface area contributed by atoms with Crippen LogP contribution in [0.25, 0.3) is 0 Å². The van der Waals surface area contributed by atoms with Crippen molar-refractivity contribution < 1.29 is 19.1 Å². The minimum Gasteiger partial charge on any atom is -0.465 e. The third-order valence-electron chi connectivity index (χ3n) is 2.85. The Morgan fingerprint density at radius 3 is 2.50 bits per heavy atom. The Balaban J connectivity index is 2.06. The molecule has 1 fully saturated rings. The summed E-state index contributed by atoms with van der Waals surface area (Å²) < 4.78 is 4.60. The van der Waals surface area contributed by atoms with Gasteiger partial charge in [0.15, 0.2) is 5.37 Å². The average Bonchev–Trinajstić information content (AvgIpc) is 2.73. The van der Waals surface area contributed by atoms with Crippen LogP contribution in [0.3, 0.4) is 0 Å². The van der Waals surface area contributed by atoms with E-state index in [2.05, 4.69) is 10.1 Å². The molecule has 1 N–H and O–H groups in total. The van der Waals surface area contributed by atoms with Crippen LogP contribution in [0.15, 0.2) is 24.3 Å². The van der Waals surface area contributed by atoms with Crippen LogP contribution in [0, 0.1) is 0 Å². The number of nitrogens with one attached hydrogen (secondary N) is 1. The van der Waals surface area contributed by atoms with Crippen LogP contribution in [0.1, 0.15) is 17.3 Å². The molecule has 0 spiro atoms. The first-order valence-electron chi connectivity index (χ1n) is 6.03. The van der Waals surface area contributed by atoms with Gasteiger partial charge in [-0.25, -0.2) is 4.79 Å². The van der Waals surface area contributed by atoms with Crippen LogP contribution in [0.5, 0.6) is 0 Å². The predicted octanol–water partition coefficient (Wildman–Crippen LogP) is 1.93. The van der Waals surface area contributed by atoms with Crippen molar-refractivity contribution in [1.82, 2.24) is 4.90 Å². The Morgan fingerprint density at radius 1 is 1.35 bits per heavy atom. The quantitative estimate of drug-likeness (QED) is 0.855. The van der Waals surface area contributed by atoms with Crippen molar-refractivity contribution in [3.8, 4) is 0 Å². The molecule has 0 radical (unpaired) electrons. The molecule has 1 atom stereocenters. The second kappa shape index (κ2) is 5.96. The summed E-state index contributed by atoms with van der Waals surface area (Å²) in [6, 6.07) is 6.52. The lowest BCUT2D eigenvalue weighted by Crippen LogP contribution is -2.34. The molecule has 1 aromatic rings. The zero-order valence-corrected chi connectivity index (χ0v) is 11.9. The van der Waals surface area contributed by atoms with E-state index in [1.165, 1.54) is 12.0 Å². The number of hydrogen-bond donors (Lipinski definition) is 1. The lowest BCUT2D eigenvalue weighted by atomic mass is 10.2. The molecule has 1 unspecified atom stereocenters. The van der Waals surface area contributed by atoms with E-state index in [0.29, 0.717) is 17.8 Å². The number of esters is 1. The van der Waals surface area contributed by atoms with Crippen molar-refractivity contribution in [3.63, 3.8) is 0 Å². The monoisotopic (exact) mass is 294 g/mol. The third kappa shape index (κ3) is 2.77. The van der Waals surface area contributed by atoms with Crippen LogP contribution in [-0.4, -0.2) is 41.0 Å². The number of ether oxygens (including phenoxy) is 1. The lowest BCUT2D eigenvalue weighted by Gasteiger charge is -2.13. The van der Waals surface area contributed by atoms with E-state index < -0.39 is 11.3 Å². The zero-order chi connectivity index (χ0) is 14.7. The molecule has 20 heavy (non-hydrogen) atoms. The zero-order valence-electron chi connectivity index (χ0n) is 11.1. The Labute approximate surface area is 120 Å². The molecular formula is C13H14N2O4S. The summed E-state index contributed by atoms with van der Waals surface area (Å²) in [4.78, 5) is 36.0. The summed E-state index contributed by atoms with van der Waals surface area (Å²) in [6.07, 6.45) is 0. The van der Waals surface area contributed by atoms with Crippen molar-refractivity contribution >= 4 is 34.6 Å². The molecule has 0 aliphatic carbocycles. The smallest absolute Gasteiger partial charge is 0.337 e. The van der Waals surface area contributed by atoms with Crippen LogP contribution < -0.4 is 5.32 Å². The van der Waals surface area contributed by atoms with Gasteiger partial charge in [-0.3, -0.25) is 14.5 Å².